The smallest absolute Gasteiger partial charge is 0.147 e. The van der Waals surface area contributed by atoms with Crippen LogP contribution in [0.3, 0.4) is 0 Å². The second-order valence-corrected chi connectivity index (χ2v) is 5.28. The molecular weight excluding hydrogens is 236 g/mol. The second-order valence-electron chi connectivity index (χ2n) is 4.87. The maximum Gasteiger partial charge on any atom is 0.147 e. The van der Waals surface area contributed by atoms with Crippen molar-refractivity contribution in [2.75, 3.05) is 0 Å². The summed E-state index contributed by atoms with van der Waals surface area (Å²) in [5.74, 6) is 0. The average molecular weight is 256 g/mol. The minimum Gasteiger partial charge on any atom is -0.415 e. The van der Waals surface area contributed by atoms with E-state index in [4.69, 9.17) is 4.43 Å². The summed E-state index contributed by atoms with van der Waals surface area (Å²) in [6.45, 7) is 6.46. The average Bonchev–Trinajstić information content (AvgIpc) is 2.39. The van der Waals surface area contributed by atoms with Crippen LogP contribution in [0.1, 0.15) is 29.2 Å². The van der Waals surface area contributed by atoms with E-state index in [1.807, 2.05) is 0 Å². The van der Waals surface area contributed by atoms with Gasteiger partial charge >= 0.3 is 0 Å². The van der Waals surface area contributed by atoms with E-state index in [-0.39, 0.29) is 5.60 Å². The molecular formula is C16H20OSi. The molecule has 0 aliphatic carbocycles. The molecule has 0 aliphatic heterocycles. The highest BCUT2D eigenvalue weighted by molar-refractivity contribution is 5.98. The van der Waals surface area contributed by atoms with Gasteiger partial charge in [-0.2, -0.15) is 0 Å². The third kappa shape index (κ3) is 2.14. The fraction of sp³-hybridized carbons (Fsp3) is 0.250. The lowest BCUT2D eigenvalue weighted by molar-refractivity contribution is 0.147. The van der Waals surface area contributed by atoms with Crippen molar-refractivity contribution in [3.63, 3.8) is 0 Å². The Morgan fingerprint density at radius 1 is 0.833 bits per heavy atom. The summed E-state index contributed by atoms with van der Waals surface area (Å²) in [5, 5.41) is 0. The Bertz CT molecular complexity index is 503. The minimum absolute atomic E-state index is 0.330. The maximum absolute atomic E-state index is 6.01. The quantitative estimate of drug-likeness (QED) is 0.767. The predicted molar refractivity (Wildman–Crippen MR) is 79.8 cm³/mol. The Kier molecular flexibility index (Phi) is 3.69. The summed E-state index contributed by atoms with van der Waals surface area (Å²) in [4.78, 5) is 0. The molecule has 0 aromatic heterocycles. The van der Waals surface area contributed by atoms with Crippen molar-refractivity contribution in [1.82, 2.24) is 0 Å². The van der Waals surface area contributed by atoms with Crippen LogP contribution < -0.4 is 0 Å². The Morgan fingerprint density at radius 2 is 1.22 bits per heavy atom. The number of hydrogen-bond donors (Lipinski definition) is 0. The van der Waals surface area contributed by atoms with Crippen LogP contribution in [0.15, 0.2) is 48.5 Å². The molecule has 94 valence electrons. The van der Waals surface area contributed by atoms with Gasteiger partial charge in [-0.05, 0) is 43.0 Å². The fourth-order valence-corrected chi connectivity index (χ4v) is 3.02. The van der Waals surface area contributed by atoms with Gasteiger partial charge in [-0.25, -0.2) is 0 Å². The van der Waals surface area contributed by atoms with Gasteiger partial charge in [-0.15, -0.1) is 0 Å². The predicted octanol–water partition coefficient (Wildman–Crippen LogP) is 2.86. The molecule has 0 saturated heterocycles. The first-order valence-electron chi connectivity index (χ1n) is 6.27. The molecule has 0 heterocycles. The summed E-state index contributed by atoms with van der Waals surface area (Å²) >= 11 is 0. The molecule has 0 saturated carbocycles. The Morgan fingerprint density at radius 3 is 1.56 bits per heavy atom. The molecule has 0 spiro atoms. The van der Waals surface area contributed by atoms with Crippen LogP contribution in [0.4, 0.5) is 0 Å². The van der Waals surface area contributed by atoms with Crippen LogP contribution in [0, 0.1) is 13.8 Å². The lowest BCUT2D eigenvalue weighted by Gasteiger charge is -2.33. The molecule has 0 amide bonds. The van der Waals surface area contributed by atoms with Crippen molar-refractivity contribution < 1.29 is 4.43 Å². The highest BCUT2D eigenvalue weighted by Crippen LogP contribution is 2.35. The van der Waals surface area contributed by atoms with Gasteiger partial charge in [-0.3, -0.25) is 0 Å². The van der Waals surface area contributed by atoms with E-state index in [1.54, 1.807) is 0 Å². The molecule has 2 rings (SSSR count). The van der Waals surface area contributed by atoms with E-state index in [0.29, 0.717) is 10.5 Å². The number of hydrogen-bond acceptors (Lipinski definition) is 1. The van der Waals surface area contributed by atoms with Gasteiger partial charge in [0, 0.05) is 0 Å². The van der Waals surface area contributed by atoms with Crippen LogP contribution in [0.2, 0.25) is 0 Å². The molecule has 1 nitrogen and oxygen atoms in total. The van der Waals surface area contributed by atoms with E-state index >= 15 is 0 Å². The number of rotatable bonds is 3. The number of benzene rings is 2. The third-order valence-electron chi connectivity index (χ3n) is 3.73. The SMILES string of the molecule is Cc1ccccc1C(C)(O[SiH3])c1ccccc1C. The molecule has 18 heavy (non-hydrogen) atoms. The summed E-state index contributed by atoms with van der Waals surface area (Å²) in [5.41, 5.74) is 4.74. The molecule has 0 N–H and O–H groups in total. The van der Waals surface area contributed by atoms with Gasteiger partial charge in [0.05, 0.1) is 0 Å². The molecule has 2 heteroatoms. The molecule has 0 aliphatic rings. The molecule has 0 atom stereocenters. The van der Waals surface area contributed by atoms with Crippen molar-refractivity contribution in [2.24, 2.45) is 0 Å². The van der Waals surface area contributed by atoms with Crippen molar-refractivity contribution in [2.45, 2.75) is 26.4 Å². The third-order valence-corrected chi connectivity index (χ3v) is 4.54. The molecule has 0 fully saturated rings. The molecule has 0 bridgehead atoms. The van der Waals surface area contributed by atoms with Crippen molar-refractivity contribution in [3.8, 4) is 0 Å². The van der Waals surface area contributed by atoms with Gasteiger partial charge in [-0.1, -0.05) is 48.5 Å². The van der Waals surface area contributed by atoms with E-state index < -0.39 is 0 Å². The zero-order valence-corrected chi connectivity index (χ0v) is 13.5. The maximum atomic E-state index is 6.01. The normalized spacial score (nSPS) is 11.7. The monoisotopic (exact) mass is 256 g/mol. The summed E-state index contributed by atoms with van der Waals surface area (Å²) < 4.78 is 6.01. The lowest BCUT2D eigenvalue weighted by Crippen LogP contribution is -2.28. The largest absolute Gasteiger partial charge is 0.415 e. The van der Waals surface area contributed by atoms with Crippen molar-refractivity contribution >= 4 is 10.5 Å². The van der Waals surface area contributed by atoms with Crippen LogP contribution >= 0.6 is 0 Å². The van der Waals surface area contributed by atoms with Crippen molar-refractivity contribution in [1.29, 1.82) is 0 Å². The molecule has 0 radical (unpaired) electrons. The van der Waals surface area contributed by atoms with Gasteiger partial charge in [0.25, 0.3) is 0 Å². The number of aryl methyl sites for hydroxylation is 2. The summed E-state index contributed by atoms with van der Waals surface area (Å²) in [7, 11) is 0.712. The first kappa shape index (κ1) is 13.1. The van der Waals surface area contributed by atoms with Gasteiger partial charge in [0.2, 0.25) is 0 Å². The lowest BCUT2D eigenvalue weighted by atomic mass is 9.83. The minimum atomic E-state index is -0.330. The standard InChI is InChI=1S/C16H20OSi/c1-12-8-4-6-10-14(12)16(3,17-18)15-11-7-5-9-13(15)2/h4-11H,1-3,18H3. The van der Waals surface area contributed by atoms with Crippen LogP contribution in [-0.4, -0.2) is 10.5 Å². The van der Waals surface area contributed by atoms with E-state index in [2.05, 4.69) is 69.3 Å². The second kappa shape index (κ2) is 5.08. The first-order valence-corrected chi connectivity index (χ1v) is 7.08. The molecule has 2 aromatic carbocycles. The molecule has 0 unspecified atom stereocenters. The van der Waals surface area contributed by atoms with Gasteiger partial charge < -0.3 is 4.43 Å². The zero-order valence-electron chi connectivity index (χ0n) is 11.5. The first-order chi connectivity index (χ1) is 8.59. The Balaban J connectivity index is 2.63. The Labute approximate surface area is 112 Å². The van der Waals surface area contributed by atoms with Crippen LogP contribution in [-0.2, 0) is 10.0 Å². The summed E-state index contributed by atoms with van der Waals surface area (Å²) in [6, 6.07) is 16.9. The topological polar surface area (TPSA) is 9.23 Å². The van der Waals surface area contributed by atoms with Crippen LogP contribution in [0.25, 0.3) is 0 Å². The summed E-state index contributed by atoms with van der Waals surface area (Å²) in [6.07, 6.45) is 0. The van der Waals surface area contributed by atoms with Gasteiger partial charge in [0.1, 0.15) is 16.1 Å². The highest BCUT2D eigenvalue weighted by Gasteiger charge is 2.30. The Hall–Kier alpha value is -1.38. The van der Waals surface area contributed by atoms with E-state index in [0.717, 1.165) is 0 Å². The van der Waals surface area contributed by atoms with E-state index in [1.165, 1.54) is 22.3 Å². The van der Waals surface area contributed by atoms with Crippen molar-refractivity contribution in [3.05, 3.63) is 70.8 Å². The highest BCUT2D eigenvalue weighted by atomic mass is 28.2. The van der Waals surface area contributed by atoms with Crippen LogP contribution in [0.5, 0.6) is 0 Å². The van der Waals surface area contributed by atoms with Gasteiger partial charge in [0.15, 0.2) is 0 Å². The zero-order chi connectivity index (χ0) is 13.2. The molecule has 2 aromatic rings. The fourth-order valence-electron chi connectivity index (χ4n) is 2.58. The van der Waals surface area contributed by atoms with E-state index in [9.17, 15) is 0 Å².